The molecule has 2 aromatic heterocycles. The van der Waals surface area contributed by atoms with Crippen LogP contribution in [0.4, 0.5) is 5.82 Å². The Morgan fingerprint density at radius 1 is 1.00 bits per heavy atom. The number of nitrogen functional groups attached to an aromatic ring is 1. The Balaban J connectivity index is 2.31. The van der Waals surface area contributed by atoms with Crippen LogP contribution in [-0.2, 0) is 0 Å². The molecule has 0 spiro atoms. The topological polar surface area (TPSA) is 75.6 Å². The monoisotopic (exact) mass is 246 g/mol. The normalized spacial score (nSPS) is 10.3. The van der Waals surface area contributed by atoms with Gasteiger partial charge in [-0.3, -0.25) is 0 Å². The number of rotatable bonds is 1. The van der Waals surface area contributed by atoms with Gasteiger partial charge < -0.3 is 5.73 Å². The first-order valence-electron chi connectivity index (χ1n) is 5.81. The van der Waals surface area contributed by atoms with Crippen molar-refractivity contribution in [3.63, 3.8) is 0 Å². The molecule has 0 aliphatic carbocycles. The Hall–Kier alpha value is -2.93. The third-order valence-electron chi connectivity index (χ3n) is 2.88. The molecule has 4 heteroatoms. The van der Waals surface area contributed by atoms with E-state index >= 15 is 0 Å². The number of para-hydroxylation sites is 1. The molecule has 0 unspecified atom stereocenters. The van der Waals surface area contributed by atoms with E-state index in [1.54, 1.807) is 6.07 Å². The Kier molecular flexibility index (Phi) is 2.58. The number of benzene rings is 1. The molecule has 0 amide bonds. The van der Waals surface area contributed by atoms with Crippen LogP contribution in [-0.4, -0.2) is 9.97 Å². The molecule has 0 saturated heterocycles. The van der Waals surface area contributed by atoms with Crippen LogP contribution in [0, 0.1) is 11.3 Å². The van der Waals surface area contributed by atoms with Gasteiger partial charge in [0.15, 0.2) is 5.69 Å². The minimum absolute atomic E-state index is 0.358. The van der Waals surface area contributed by atoms with Crippen molar-refractivity contribution in [1.82, 2.24) is 9.97 Å². The van der Waals surface area contributed by atoms with Crippen LogP contribution in [0.1, 0.15) is 5.69 Å². The molecule has 0 aliphatic rings. The summed E-state index contributed by atoms with van der Waals surface area (Å²) in [5.41, 5.74) is 8.21. The number of nitriles is 1. The summed E-state index contributed by atoms with van der Waals surface area (Å²) >= 11 is 0. The molecule has 0 atom stereocenters. The quantitative estimate of drug-likeness (QED) is 0.716. The fourth-order valence-electron chi connectivity index (χ4n) is 2.00. The van der Waals surface area contributed by atoms with E-state index < -0.39 is 0 Å². The number of hydrogen-bond acceptors (Lipinski definition) is 4. The van der Waals surface area contributed by atoms with Crippen molar-refractivity contribution in [2.75, 3.05) is 5.73 Å². The first-order chi connectivity index (χ1) is 9.28. The fourth-order valence-corrected chi connectivity index (χ4v) is 2.00. The summed E-state index contributed by atoms with van der Waals surface area (Å²) in [6.45, 7) is 0. The minimum atomic E-state index is 0.358. The molecular formula is C15H10N4. The van der Waals surface area contributed by atoms with Gasteiger partial charge in [0.25, 0.3) is 0 Å². The van der Waals surface area contributed by atoms with Crippen LogP contribution in [0.3, 0.4) is 0 Å². The van der Waals surface area contributed by atoms with Crippen LogP contribution in [0.25, 0.3) is 22.2 Å². The standard InChI is InChI=1S/C15H10N4/c16-9-14-11(13-6-3-7-15(17)19-13)8-10-4-1-2-5-12(10)18-14/h1-8H,(H2,17,19). The third-order valence-corrected chi connectivity index (χ3v) is 2.88. The lowest BCUT2D eigenvalue weighted by molar-refractivity contribution is 1.28. The van der Waals surface area contributed by atoms with Gasteiger partial charge in [-0.05, 0) is 24.3 Å². The van der Waals surface area contributed by atoms with Crippen molar-refractivity contribution in [1.29, 1.82) is 5.26 Å². The van der Waals surface area contributed by atoms with E-state index in [9.17, 15) is 5.26 Å². The maximum Gasteiger partial charge on any atom is 0.150 e. The lowest BCUT2D eigenvalue weighted by atomic mass is 10.1. The Morgan fingerprint density at radius 2 is 1.84 bits per heavy atom. The van der Waals surface area contributed by atoms with Crippen molar-refractivity contribution >= 4 is 16.7 Å². The second-order valence-electron chi connectivity index (χ2n) is 4.14. The van der Waals surface area contributed by atoms with Crippen molar-refractivity contribution < 1.29 is 0 Å². The van der Waals surface area contributed by atoms with Crippen molar-refractivity contribution in [2.24, 2.45) is 0 Å². The van der Waals surface area contributed by atoms with Gasteiger partial charge in [0.1, 0.15) is 11.9 Å². The predicted octanol–water partition coefficient (Wildman–Crippen LogP) is 2.75. The Bertz CT molecular complexity index is 803. The summed E-state index contributed by atoms with van der Waals surface area (Å²) in [5.74, 6) is 0.426. The molecule has 0 aliphatic heterocycles. The zero-order valence-corrected chi connectivity index (χ0v) is 10.0. The van der Waals surface area contributed by atoms with Crippen LogP contribution >= 0.6 is 0 Å². The average molecular weight is 246 g/mol. The minimum Gasteiger partial charge on any atom is -0.384 e. The Morgan fingerprint density at radius 3 is 2.63 bits per heavy atom. The number of fused-ring (bicyclic) bond motifs is 1. The molecule has 0 fully saturated rings. The number of hydrogen-bond donors (Lipinski definition) is 1. The summed E-state index contributed by atoms with van der Waals surface area (Å²) in [6.07, 6.45) is 0. The molecule has 3 rings (SSSR count). The molecule has 0 bridgehead atoms. The van der Waals surface area contributed by atoms with Crippen LogP contribution in [0.5, 0.6) is 0 Å². The van der Waals surface area contributed by atoms with Crippen molar-refractivity contribution in [2.45, 2.75) is 0 Å². The highest BCUT2D eigenvalue weighted by Crippen LogP contribution is 2.25. The summed E-state index contributed by atoms with van der Waals surface area (Å²) in [7, 11) is 0. The molecule has 2 N–H and O–H groups in total. The molecule has 19 heavy (non-hydrogen) atoms. The zero-order chi connectivity index (χ0) is 13.2. The van der Waals surface area contributed by atoms with Crippen LogP contribution < -0.4 is 5.73 Å². The van der Waals surface area contributed by atoms with E-state index in [0.29, 0.717) is 22.8 Å². The predicted molar refractivity (Wildman–Crippen MR) is 74.1 cm³/mol. The molecule has 3 aromatic rings. The summed E-state index contributed by atoms with van der Waals surface area (Å²) < 4.78 is 0. The van der Waals surface area contributed by atoms with E-state index in [2.05, 4.69) is 16.0 Å². The van der Waals surface area contributed by atoms with E-state index in [0.717, 1.165) is 10.9 Å². The molecule has 0 radical (unpaired) electrons. The largest absolute Gasteiger partial charge is 0.384 e. The molecule has 1 aromatic carbocycles. The zero-order valence-electron chi connectivity index (χ0n) is 10.0. The molecule has 4 nitrogen and oxygen atoms in total. The first-order valence-corrected chi connectivity index (χ1v) is 5.81. The van der Waals surface area contributed by atoms with E-state index in [1.165, 1.54) is 0 Å². The maximum absolute atomic E-state index is 9.24. The first kappa shape index (κ1) is 11.2. The van der Waals surface area contributed by atoms with Crippen LogP contribution in [0.2, 0.25) is 0 Å². The number of aromatic nitrogens is 2. The van der Waals surface area contributed by atoms with E-state index in [1.807, 2.05) is 42.5 Å². The van der Waals surface area contributed by atoms with Crippen molar-refractivity contribution in [3.8, 4) is 17.3 Å². The summed E-state index contributed by atoms with van der Waals surface area (Å²) in [4.78, 5) is 8.60. The van der Waals surface area contributed by atoms with Gasteiger partial charge in [-0.15, -0.1) is 0 Å². The molecular weight excluding hydrogens is 236 g/mol. The van der Waals surface area contributed by atoms with Gasteiger partial charge >= 0.3 is 0 Å². The average Bonchev–Trinajstić information content (AvgIpc) is 2.46. The highest BCUT2D eigenvalue weighted by molar-refractivity contribution is 5.85. The summed E-state index contributed by atoms with van der Waals surface area (Å²) in [6, 6.07) is 17.1. The second kappa shape index (κ2) is 4.39. The third kappa shape index (κ3) is 1.98. The Labute approximate surface area is 110 Å². The highest BCUT2D eigenvalue weighted by atomic mass is 14.8. The van der Waals surface area contributed by atoms with Gasteiger partial charge in [0.05, 0.1) is 11.2 Å². The second-order valence-corrected chi connectivity index (χ2v) is 4.14. The van der Waals surface area contributed by atoms with Crippen molar-refractivity contribution in [3.05, 3.63) is 54.2 Å². The number of pyridine rings is 2. The highest BCUT2D eigenvalue weighted by Gasteiger charge is 2.09. The van der Waals surface area contributed by atoms with Crippen LogP contribution in [0.15, 0.2) is 48.5 Å². The molecule has 90 valence electrons. The number of nitrogens with zero attached hydrogens (tertiary/aromatic N) is 3. The van der Waals surface area contributed by atoms with Gasteiger partial charge in [-0.2, -0.15) is 5.26 Å². The van der Waals surface area contributed by atoms with Gasteiger partial charge in [0.2, 0.25) is 0 Å². The van der Waals surface area contributed by atoms with E-state index in [-0.39, 0.29) is 0 Å². The molecule has 0 saturated carbocycles. The van der Waals surface area contributed by atoms with Gasteiger partial charge in [-0.1, -0.05) is 24.3 Å². The lowest BCUT2D eigenvalue weighted by Crippen LogP contribution is -1.95. The van der Waals surface area contributed by atoms with E-state index in [4.69, 9.17) is 5.73 Å². The number of anilines is 1. The summed E-state index contributed by atoms with van der Waals surface area (Å²) in [5, 5.41) is 10.2. The van der Waals surface area contributed by atoms with Gasteiger partial charge in [0, 0.05) is 10.9 Å². The smallest absolute Gasteiger partial charge is 0.150 e. The SMILES string of the molecule is N#Cc1nc2ccccc2cc1-c1cccc(N)n1. The molecule has 2 heterocycles. The lowest BCUT2D eigenvalue weighted by Gasteiger charge is -2.06. The maximum atomic E-state index is 9.24. The fraction of sp³-hybridized carbons (Fsp3) is 0. The number of nitrogens with two attached hydrogens (primary N) is 1. The van der Waals surface area contributed by atoms with Gasteiger partial charge in [-0.25, -0.2) is 9.97 Å².